The summed E-state index contributed by atoms with van der Waals surface area (Å²) in [5.74, 6) is 1.43. The fraction of sp³-hybridized carbons (Fsp3) is 0.500. The monoisotopic (exact) mass is 340 g/mol. The number of hydrogen-bond donors (Lipinski definition) is 0. The Hall–Kier alpha value is -1.97. The molecule has 0 radical (unpaired) electrons. The van der Waals surface area contributed by atoms with Crippen molar-refractivity contribution in [1.29, 1.82) is 5.26 Å². The fourth-order valence-electron chi connectivity index (χ4n) is 3.53. The molecule has 2 atom stereocenters. The van der Waals surface area contributed by atoms with Gasteiger partial charge in [0.05, 0.1) is 53.2 Å². The lowest BCUT2D eigenvalue weighted by Crippen LogP contribution is -2.28. The summed E-state index contributed by atoms with van der Waals surface area (Å²) >= 11 is 1.72. The second-order valence-electron chi connectivity index (χ2n) is 6.67. The molecule has 24 heavy (non-hydrogen) atoms. The maximum Gasteiger partial charge on any atom is 0.112 e. The second kappa shape index (κ2) is 6.15. The maximum absolute atomic E-state index is 8.87. The number of imidazole rings is 1. The van der Waals surface area contributed by atoms with E-state index in [2.05, 4.69) is 40.9 Å². The predicted octanol–water partition coefficient (Wildman–Crippen LogP) is 4.40. The molecule has 1 aliphatic heterocycles. The van der Waals surface area contributed by atoms with Crippen molar-refractivity contribution in [2.75, 3.05) is 6.61 Å². The van der Waals surface area contributed by atoms with Crippen LogP contribution in [0.3, 0.4) is 0 Å². The summed E-state index contributed by atoms with van der Waals surface area (Å²) in [7, 11) is 0. The molecular weight excluding hydrogens is 320 g/mol. The van der Waals surface area contributed by atoms with Gasteiger partial charge in [-0.05, 0) is 24.3 Å². The predicted molar refractivity (Wildman–Crippen MR) is 95.2 cm³/mol. The van der Waals surface area contributed by atoms with Crippen molar-refractivity contribution in [3.05, 3.63) is 23.5 Å². The van der Waals surface area contributed by atoms with Gasteiger partial charge in [-0.15, -0.1) is 11.3 Å². The summed E-state index contributed by atoms with van der Waals surface area (Å²) in [6.45, 7) is 5.00. The van der Waals surface area contributed by atoms with Crippen LogP contribution in [0.5, 0.6) is 0 Å². The highest BCUT2D eigenvalue weighted by molar-refractivity contribution is 7.18. The Kier molecular flexibility index (Phi) is 3.99. The summed E-state index contributed by atoms with van der Waals surface area (Å²) < 4.78 is 9.53. The van der Waals surface area contributed by atoms with Gasteiger partial charge in [0.2, 0.25) is 0 Å². The normalized spacial score (nSPS) is 21.6. The van der Waals surface area contributed by atoms with Gasteiger partial charge in [0.1, 0.15) is 11.3 Å². The first-order valence-electron chi connectivity index (χ1n) is 8.41. The minimum atomic E-state index is 0.0759. The third-order valence-electron chi connectivity index (χ3n) is 4.70. The highest BCUT2D eigenvalue weighted by atomic mass is 32.1. The second-order valence-corrected chi connectivity index (χ2v) is 7.59. The molecule has 1 saturated heterocycles. The van der Waals surface area contributed by atoms with E-state index in [9.17, 15) is 0 Å². The van der Waals surface area contributed by atoms with Gasteiger partial charge in [0.25, 0.3) is 0 Å². The van der Waals surface area contributed by atoms with Crippen molar-refractivity contribution < 1.29 is 4.74 Å². The summed E-state index contributed by atoms with van der Waals surface area (Å²) in [4.78, 5) is 9.40. The first-order chi connectivity index (χ1) is 11.7. The molecule has 0 aliphatic carbocycles. The molecule has 124 valence electrons. The molecule has 0 bridgehead atoms. The summed E-state index contributed by atoms with van der Waals surface area (Å²) in [5, 5.41) is 11.0. The first kappa shape index (κ1) is 15.6. The van der Waals surface area contributed by atoms with E-state index in [1.165, 1.54) is 10.2 Å². The van der Waals surface area contributed by atoms with Crippen LogP contribution in [0.25, 0.3) is 21.3 Å². The van der Waals surface area contributed by atoms with Gasteiger partial charge in [-0.2, -0.15) is 5.26 Å². The zero-order valence-corrected chi connectivity index (χ0v) is 14.7. The number of fused-ring (bicyclic) bond motifs is 3. The van der Waals surface area contributed by atoms with E-state index in [0.717, 1.165) is 29.7 Å². The van der Waals surface area contributed by atoms with Crippen molar-refractivity contribution in [3.8, 4) is 6.07 Å². The van der Waals surface area contributed by atoms with Crippen molar-refractivity contribution in [3.63, 3.8) is 0 Å². The quantitative estimate of drug-likeness (QED) is 0.709. The number of nitrogens with zero attached hydrogens (tertiary/aromatic N) is 4. The number of nitriles is 1. The lowest BCUT2D eigenvalue weighted by atomic mass is 10.0. The minimum absolute atomic E-state index is 0.0759. The summed E-state index contributed by atoms with van der Waals surface area (Å²) in [6, 6.07) is 4.55. The Bertz CT molecular complexity index is 912. The molecule has 5 nitrogen and oxygen atoms in total. The Morgan fingerprint density at radius 1 is 1.42 bits per heavy atom. The Morgan fingerprint density at radius 3 is 3.00 bits per heavy atom. The molecule has 1 aliphatic rings. The van der Waals surface area contributed by atoms with Crippen LogP contribution in [0, 0.1) is 11.3 Å². The topological polar surface area (TPSA) is 63.7 Å². The molecule has 3 aromatic rings. The van der Waals surface area contributed by atoms with E-state index in [1.807, 2.05) is 6.20 Å². The molecule has 0 saturated carbocycles. The van der Waals surface area contributed by atoms with E-state index in [1.54, 1.807) is 11.3 Å². The van der Waals surface area contributed by atoms with Crippen molar-refractivity contribution in [1.82, 2.24) is 14.5 Å². The Balaban J connectivity index is 1.82. The van der Waals surface area contributed by atoms with Crippen molar-refractivity contribution >= 4 is 32.6 Å². The van der Waals surface area contributed by atoms with Crippen LogP contribution in [0.15, 0.2) is 17.6 Å². The molecule has 0 N–H and O–H groups in total. The lowest BCUT2D eigenvalue weighted by molar-refractivity contribution is -0.00834. The van der Waals surface area contributed by atoms with Gasteiger partial charge in [-0.1, -0.05) is 13.8 Å². The minimum Gasteiger partial charge on any atom is -0.375 e. The van der Waals surface area contributed by atoms with Crippen LogP contribution < -0.4 is 0 Å². The summed E-state index contributed by atoms with van der Waals surface area (Å²) in [6.07, 6.45) is 4.38. The molecule has 2 unspecified atom stereocenters. The van der Waals surface area contributed by atoms with Crippen LogP contribution >= 0.6 is 11.3 Å². The average Bonchev–Trinajstić information content (AvgIpc) is 3.19. The number of thiophene rings is 1. The van der Waals surface area contributed by atoms with Crippen LogP contribution in [0.4, 0.5) is 0 Å². The smallest absolute Gasteiger partial charge is 0.112 e. The van der Waals surface area contributed by atoms with Gasteiger partial charge < -0.3 is 9.30 Å². The zero-order valence-electron chi connectivity index (χ0n) is 13.9. The molecule has 3 aromatic heterocycles. The lowest BCUT2D eigenvalue weighted by Gasteiger charge is -2.30. The molecule has 0 aromatic carbocycles. The fourth-order valence-corrected chi connectivity index (χ4v) is 4.42. The summed E-state index contributed by atoms with van der Waals surface area (Å²) in [5.41, 5.74) is 3.18. The molecule has 0 amide bonds. The number of pyridine rings is 1. The Morgan fingerprint density at radius 2 is 2.29 bits per heavy atom. The number of aromatic nitrogens is 3. The van der Waals surface area contributed by atoms with Gasteiger partial charge in [-0.25, -0.2) is 4.98 Å². The van der Waals surface area contributed by atoms with Crippen LogP contribution in [0.2, 0.25) is 0 Å². The van der Waals surface area contributed by atoms with Crippen LogP contribution in [-0.2, 0) is 4.74 Å². The first-order valence-corrected chi connectivity index (χ1v) is 9.29. The molecule has 6 heteroatoms. The Labute approximate surface area is 144 Å². The highest BCUT2D eigenvalue weighted by Crippen LogP contribution is 2.36. The molecule has 4 rings (SSSR count). The van der Waals surface area contributed by atoms with Crippen LogP contribution in [-0.4, -0.2) is 27.2 Å². The van der Waals surface area contributed by atoms with E-state index < -0.39 is 0 Å². The molecular formula is C18H20N4OS. The maximum atomic E-state index is 8.87. The average molecular weight is 340 g/mol. The zero-order chi connectivity index (χ0) is 16.7. The SMILES string of the molecule is CC(C)c1nc2cnc3ccsc3c2n1C1CCC(CC#N)OC1. The molecule has 1 fully saturated rings. The third kappa shape index (κ3) is 2.48. The van der Waals surface area contributed by atoms with Crippen LogP contribution in [0.1, 0.15) is 50.9 Å². The van der Waals surface area contributed by atoms with E-state index in [0.29, 0.717) is 18.9 Å². The molecule has 4 heterocycles. The molecule has 0 spiro atoms. The number of hydrogen-bond acceptors (Lipinski definition) is 5. The largest absolute Gasteiger partial charge is 0.375 e. The van der Waals surface area contributed by atoms with Gasteiger partial charge in [0.15, 0.2) is 0 Å². The standard InChI is InChI=1S/C18H20N4OS/c1-11(2)18-21-15-9-20-14-6-8-24-17(14)16(15)22(18)12-3-4-13(5-7-19)23-10-12/h6,8-9,11-13H,3-5,10H2,1-2H3. The van der Waals surface area contributed by atoms with E-state index >= 15 is 0 Å². The van der Waals surface area contributed by atoms with Crippen molar-refractivity contribution in [2.45, 2.75) is 51.2 Å². The number of rotatable bonds is 3. The number of ether oxygens (including phenoxy) is 1. The van der Waals surface area contributed by atoms with E-state index in [-0.39, 0.29) is 12.1 Å². The van der Waals surface area contributed by atoms with Gasteiger partial charge in [-0.3, -0.25) is 4.98 Å². The van der Waals surface area contributed by atoms with E-state index in [4.69, 9.17) is 15.0 Å². The third-order valence-corrected chi connectivity index (χ3v) is 5.61. The van der Waals surface area contributed by atoms with Gasteiger partial charge in [0, 0.05) is 5.92 Å². The van der Waals surface area contributed by atoms with Gasteiger partial charge >= 0.3 is 0 Å². The highest BCUT2D eigenvalue weighted by Gasteiger charge is 2.28. The van der Waals surface area contributed by atoms with Crippen molar-refractivity contribution in [2.24, 2.45) is 0 Å².